The summed E-state index contributed by atoms with van der Waals surface area (Å²) in [6.45, 7) is 4.08. The van der Waals surface area contributed by atoms with Gasteiger partial charge in [-0.2, -0.15) is 0 Å². The molecule has 0 aliphatic carbocycles. The van der Waals surface area contributed by atoms with E-state index in [0.29, 0.717) is 6.04 Å². The van der Waals surface area contributed by atoms with Crippen molar-refractivity contribution in [2.75, 3.05) is 18.0 Å². The highest BCUT2D eigenvalue weighted by atomic mass is 79.9. The third-order valence-corrected chi connectivity index (χ3v) is 3.91. The Labute approximate surface area is 107 Å². The Morgan fingerprint density at radius 2 is 1.93 bits per heavy atom. The summed E-state index contributed by atoms with van der Waals surface area (Å²) in [6, 6.07) is 4.60. The molecule has 1 saturated heterocycles. The Morgan fingerprint density at radius 3 is 2.40 bits per heavy atom. The van der Waals surface area contributed by atoms with Crippen LogP contribution in [0.25, 0.3) is 0 Å². The fourth-order valence-corrected chi connectivity index (χ4v) is 3.90. The van der Waals surface area contributed by atoms with Crippen LogP contribution in [0.1, 0.15) is 12.0 Å². The van der Waals surface area contributed by atoms with Crippen molar-refractivity contribution < 1.29 is 0 Å². The fraction of sp³-hybridized carbons (Fsp3) is 0.455. The lowest BCUT2D eigenvalue weighted by molar-refractivity contribution is 0.752. The van der Waals surface area contributed by atoms with Gasteiger partial charge in [-0.15, -0.1) is 0 Å². The maximum Gasteiger partial charge on any atom is 0.0655 e. The van der Waals surface area contributed by atoms with Gasteiger partial charge in [0.15, 0.2) is 0 Å². The number of hydrogen-bond acceptors (Lipinski definition) is 2. The van der Waals surface area contributed by atoms with Crippen LogP contribution in [0.2, 0.25) is 0 Å². The van der Waals surface area contributed by atoms with E-state index in [9.17, 15) is 0 Å². The second kappa shape index (κ2) is 4.44. The topological polar surface area (TPSA) is 29.3 Å². The number of benzene rings is 1. The number of nitrogens with zero attached hydrogens (tertiary/aromatic N) is 1. The fourth-order valence-electron chi connectivity index (χ4n) is 1.98. The predicted octanol–water partition coefficient (Wildman–Crippen LogP) is 3.06. The number of aryl methyl sites for hydroxylation is 1. The molecule has 1 atom stereocenters. The second-order valence-electron chi connectivity index (χ2n) is 4.07. The minimum atomic E-state index is 0.310. The van der Waals surface area contributed by atoms with Crippen LogP contribution in [-0.2, 0) is 0 Å². The van der Waals surface area contributed by atoms with E-state index >= 15 is 0 Å². The largest absolute Gasteiger partial charge is 0.368 e. The Kier molecular flexibility index (Phi) is 3.38. The van der Waals surface area contributed by atoms with Crippen LogP contribution in [-0.4, -0.2) is 19.1 Å². The molecule has 0 aromatic heterocycles. The van der Waals surface area contributed by atoms with Crippen molar-refractivity contribution in [2.45, 2.75) is 19.4 Å². The van der Waals surface area contributed by atoms with Crippen molar-refractivity contribution in [1.29, 1.82) is 0 Å². The minimum absolute atomic E-state index is 0.310. The third-order valence-electron chi connectivity index (χ3n) is 2.70. The summed E-state index contributed by atoms with van der Waals surface area (Å²) in [7, 11) is 0. The SMILES string of the molecule is Cc1cc(Br)c(N2CCC(N)C2)c(Br)c1. The van der Waals surface area contributed by atoms with Crippen LogP contribution in [0.15, 0.2) is 21.1 Å². The maximum atomic E-state index is 5.92. The van der Waals surface area contributed by atoms with Gasteiger partial charge in [-0.25, -0.2) is 0 Å². The average Bonchev–Trinajstić information content (AvgIpc) is 2.49. The zero-order chi connectivity index (χ0) is 11.0. The molecule has 1 fully saturated rings. The molecule has 1 aromatic rings. The Bertz CT molecular complexity index is 356. The van der Waals surface area contributed by atoms with Crippen LogP contribution in [0.3, 0.4) is 0 Å². The van der Waals surface area contributed by atoms with Crippen LogP contribution in [0.4, 0.5) is 5.69 Å². The molecule has 1 unspecified atom stereocenters. The van der Waals surface area contributed by atoms with E-state index in [-0.39, 0.29) is 0 Å². The molecule has 4 heteroatoms. The highest BCUT2D eigenvalue weighted by Gasteiger charge is 2.22. The quantitative estimate of drug-likeness (QED) is 0.855. The zero-order valence-electron chi connectivity index (χ0n) is 8.63. The molecule has 0 saturated carbocycles. The van der Waals surface area contributed by atoms with E-state index in [1.807, 2.05) is 0 Å². The van der Waals surface area contributed by atoms with E-state index in [2.05, 4.69) is 55.8 Å². The molecule has 1 heterocycles. The molecule has 15 heavy (non-hydrogen) atoms. The molecule has 1 aliphatic rings. The van der Waals surface area contributed by atoms with Crippen LogP contribution in [0, 0.1) is 6.92 Å². The molecule has 1 aliphatic heterocycles. The number of anilines is 1. The van der Waals surface area contributed by atoms with Crippen molar-refractivity contribution in [3.8, 4) is 0 Å². The molecule has 82 valence electrons. The highest BCUT2D eigenvalue weighted by molar-refractivity contribution is 9.11. The summed E-state index contributed by atoms with van der Waals surface area (Å²) in [5.41, 5.74) is 8.40. The molecular weight excluding hydrogens is 320 g/mol. The van der Waals surface area contributed by atoms with Gasteiger partial charge in [0, 0.05) is 28.1 Å². The zero-order valence-corrected chi connectivity index (χ0v) is 11.8. The van der Waals surface area contributed by atoms with Gasteiger partial charge in [-0.3, -0.25) is 0 Å². The number of halogens is 2. The van der Waals surface area contributed by atoms with Crippen molar-refractivity contribution >= 4 is 37.5 Å². The van der Waals surface area contributed by atoms with Crippen molar-refractivity contribution in [3.63, 3.8) is 0 Å². The lowest BCUT2D eigenvalue weighted by Crippen LogP contribution is -2.26. The molecule has 0 amide bonds. The molecule has 0 bridgehead atoms. The molecule has 1 aromatic carbocycles. The van der Waals surface area contributed by atoms with Gasteiger partial charge in [0.25, 0.3) is 0 Å². The predicted molar refractivity (Wildman–Crippen MR) is 71.4 cm³/mol. The number of rotatable bonds is 1. The molecule has 2 nitrogen and oxygen atoms in total. The standard InChI is InChI=1S/C11H14Br2N2/c1-7-4-9(12)11(10(13)5-7)15-3-2-8(14)6-15/h4-5,8H,2-3,6,14H2,1H3. The Morgan fingerprint density at radius 1 is 1.33 bits per heavy atom. The Balaban J connectivity index is 2.35. The summed E-state index contributed by atoms with van der Waals surface area (Å²) in [6.07, 6.45) is 1.08. The second-order valence-corrected chi connectivity index (χ2v) is 5.78. The van der Waals surface area contributed by atoms with Gasteiger partial charge in [-0.1, -0.05) is 0 Å². The molecule has 2 rings (SSSR count). The molecule has 2 N–H and O–H groups in total. The summed E-state index contributed by atoms with van der Waals surface area (Å²) in [5, 5.41) is 0. The number of nitrogens with two attached hydrogens (primary N) is 1. The van der Waals surface area contributed by atoms with E-state index in [4.69, 9.17) is 5.73 Å². The summed E-state index contributed by atoms with van der Waals surface area (Å²) in [5.74, 6) is 0. The maximum absolute atomic E-state index is 5.92. The summed E-state index contributed by atoms with van der Waals surface area (Å²) in [4.78, 5) is 2.33. The summed E-state index contributed by atoms with van der Waals surface area (Å²) < 4.78 is 2.28. The first kappa shape index (κ1) is 11.4. The first-order valence-electron chi connectivity index (χ1n) is 5.04. The molecule has 0 spiro atoms. The highest BCUT2D eigenvalue weighted by Crippen LogP contribution is 2.36. The van der Waals surface area contributed by atoms with E-state index < -0.39 is 0 Å². The van der Waals surface area contributed by atoms with Crippen molar-refractivity contribution in [1.82, 2.24) is 0 Å². The minimum Gasteiger partial charge on any atom is -0.368 e. The average molecular weight is 334 g/mol. The smallest absolute Gasteiger partial charge is 0.0655 e. The van der Waals surface area contributed by atoms with Gasteiger partial charge in [0.2, 0.25) is 0 Å². The molecular formula is C11H14Br2N2. The van der Waals surface area contributed by atoms with Gasteiger partial charge >= 0.3 is 0 Å². The lowest BCUT2D eigenvalue weighted by Gasteiger charge is -2.21. The van der Waals surface area contributed by atoms with Crippen molar-refractivity contribution in [3.05, 3.63) is 26.6 Å². The number of hydrogen-bond donors (Lipinski definition) is 1. The van der Waals surface area contributed by atoms with Gasteiger partial charge in [0.1, 0.15) is 0 Å². The first-order valence-corrected chi connectivity index (χ1v) is 6.62. The van der Waals surface area contributed by atoms with E-state index in [0.717, 1.165) is 28.5 Å². The van der Waals surface area contributed by atoms with Crippen LogP contribution < -0.4 is 10.6 Å². The van der Waals surface area contributed by atoms with Gasteiger partial charge < -0.3 is 10.6 Å². The first-order chi connectivity index (χ1) is 7.08. The molecule has 0 radical (unpaired) electrons. The van der Waals surface area contributed by atoms with Gasteiger partial charge in [0.05, 0.1) is 5.69 Å². The van der Waals surface area contributed by atoms with E-state index in [1.165, 1.54) is 11.3 Å². The normalized spacial score (nSPS) is 21.1. The van der Waals surface area contributed by atoms with Crippen LogP contribution in [0.5, 0.6) is 0 Å². The van der Waals surface area contributed by atoms with Gasteiger partial charge in [-0.05, 0) is 62.9 Å². The lowest BCUT2D eigenvalue weighted by atomic mass is 10.2. The summed E-state index contributed by atoms with van der Waals surface area (Å²) >= 11 is 7.23. The van der Waals surface area contributed by atoms with Crippen molar-refractivity contribution in [2.24, 2.45) is 5.73 Å². The monoisotopic (exact) mass is 332 g/mol. The Hall–Kier alpha value is -0.0600. The van der Waals surface area contributed by atoms with E-state index in [1.54, 1.807) is 0 Å². The van der Waals surface area contributed by atoms with Crippen LogP contribution >= 0.6 is 31.9 Å². The third kappa shape index (κ3) is 2.37.